The molecule has 0 atom stereocenters. The van der Waals surface area contributed by atoms with Gasteiger partial charge >= 0.3 is 18.7 Å². The molecule has 0 spiro atoms. The third-order valence-electron chi connectivity index (χ3n) is 3.70. The molecule has 3 rings (SSSR count). The predicted molar refractivity (Wildman–Crippen MR) is 76.9 cm³/mol. The number of benzene rings is 1. The molecule has 112 valence electrons. The Bertz CT molecular complexity index is 894. The van der Waals surface area contributed by atoms with Crippen LogP contribution in [0, 0.1) is 0 Å². The maximum Gasteiger partial charge on any atom is 0.356 e. The van der Waals surface area contributed by atoms with E-state index in [0.717, 1.165) is 0 Å². The quantitative estimate of drug-likeness (QED) is 0.395. The number of fused-ring (bicyclic) bond motifs is 3. The second-order valence-electron chi connectivity index (χ2n) is 5.22. The molecule has 0 saturated carbocycles. The van der Waals surface area contributed by atoms with Crippen LogP contribution in [0.4, 0.5) is 0 Å². The first-order chi connectivity index (χ1) is 9.77. The van der Waals surface area contributed by atoms with Gasteiger partial charge in [-0.15, -0.1) is 0 Å². The van der Waals surface area contributed by atoms with Crippen molar-refractivity contribution in [1.29, 1.82) is 0 Å². The fourth-order valence-corrected chi connectivity index (χ4v) is 3.57. The van der Waals surface area contributed by atoms with Gasteiger partial charge in [0.25, 0.3) is 0 Å². The van der Waals surface area contributed by atoms with Crippen LogP contribution in [-0.4, -0.2) is 38.2 Å². The number of likely N-dealkylation sites (N-methyl/N-ethyl adjacent to an activating group) is 1. The number of H-pyrrole nitrogens is 2. The van der Waals surface area contributed by atoms with Crippen molar-refractivity contribution in [2.75, 3.05) is 13.6 Å². The van der Waals surface area contributed by atoms with Crippen molar-refractivity contribution in [3.05, 3.63) is 37.9 Å². The molecule has 0 aliphatic carbocycles. The molecule has 8 nitrogen and oxygen atoms in total. The number of rotatable bonds is 1. The fraction of sp³-hybridized carbons (Fsp3) is 0.333. The lowest BCUT2D eigenvalue weighted by Crippen LogP contribution is -2.34. The van der Waals surface area contributed by atoms with Crippen LogP contribution in [0.3, 0.4) is 0 Å². The van der Waals surface area contributed by atoms with E-state index in [1.54, 1.807) is 0 Å². The Morgan fingerprint density at radius 1 is 1.19 bits per heavy atom. The lowest BCUT2D eigenvalue weighted by molar-refractivity contribution is 0.313. The van der Waals surface area contributed by atoms with Gasteiger partial charge in [-0.3, -0.25) is 14.2 Å². The first-order valence-electron chi connectivity index (χ1n) is 6.33. The molecule has 4 N–H and O–H groups in total. The van der Waals surface area contributed by atoms with E-state index in [4.69, 9.17) is 0 Å². The van der Waals surface area contributed by atoms with Crippen molar-refractivity contribution < 1.29 is 14.4 Å². The summed E-state index contributed by atoms with van der Waals surface area (Å²) in [6.45, 7) is 1.08. The second-order valence-corrected chi connectivity index (χ2v) is 6.79. The maximum atomic E-state index is 11.7. The molecule has 1 aromatic carbocycles. The summed E-state index contributed by atoms with van der Waals surface area (Å²) in [5, 5.41) is -0.0979. The Labute approximate surface area is 118 Å². The van der Waals surface area contributed by atoms with Crippen LogP contribution in [0.25, 0.3) is 11.0 Å². The Balaban J connectivity index is 2.46. The first-order valence-corrected chi connectivity index (χ1v) is 7.94. The standard InChI is InChI=1S/C12H14N3O5P/c1-15-3-2-6-7(5-15)9(21(18,19)20)4-8-10(6)14-12(17)11(16)13-8/h4H,2-3,5H2,1H3,(H,13,16)(H,14,17)(H2,18,19,20). The van der Waals surface area contributed by atoms with Crippen LogP contribution in [-0.2, 0) is 17.5 Å². The van der Waals surface area contributed by atoms with Gasteiger partial charge in [0, 0.05) is 13.1 Å². The van der Waals surface area contributed by atoms with Gasteiger partial charge in [0.1, 0.15) is 0 Å². The van der Waals surface area contributed by atoms with Gasteiger partial charge in [-0.05, 0) is 30.7 Å². The molecular formula is C12H14N3O5P. The number of hydrogen-bond donors (Lipinski definition) is 4. The van der Waals surface area contributed by atoms with Crippen molar-refractivity contribution in [3.63, 3.8) is 0 Å². The van der Waals surface area contributed by atoms with E-state index in [0.29, 0.717) is 36.2 Å². The number of nitrogens with one attached hydrogen (secondary N) is 2. The highest BCUT2D eigenvalue weighted by atomic mass is 31.2. The zero-order chi connectivity index (χ0) is 15.4. The van der Waals surface area contributed by atoms with E-state index in [-0.39, 0.29) is 10.8 Å². The van der Waals surface area contributed by atoms with Crippen molar-refractivity contribution in [3.8, 4) is 0 Å². The van der Waals surface area contributed by atoms with Gasteiger partial charge in [-0.1, -0.05) is 0 Å². The zero-order valence-corrected chi connectivity index (χ0v) is 12.1. The average molecular weight is 311 g/mol. The number of hydrogen-bond acceptors (Lipinski definition) is 4. The summed E-state index contributed by atoms with van der Waals surface area (Å²) in [7, 11) is -2.62. The van der Waals surface area contributed by atoms with Crippen LogP contribution >= 0.6 is 7.60 Å². The summed E-state index contributed by atoms with van der Waals surface area (Å²) >= 11 is 0. The molecule has 0 saturated heterocycles. The monoisotopic (exact) mass is 311 g/mol. The van der Waals surface area contributed by atoms with E-state index in [9.17, 15) is 23.9 Å². The minimum Gasteiger partial charge on any atom is -0.321 e. The van der Waals surface area contributed by atoms with Gasteiger partial charge < -0.3 is 24.7 Å². The molecule has 2 heterocycles. The molecule has 9 heteroatoms. The van der Waals surface area contributed by atoms with Crippen LogP contribution in [0.5, 0.6) is 0 Å². The smallest absolute Gasteiger partial charge is 0.321 e. The Kier molecular flexibility index (Phi) is 3.14. The highest BCUT2D eigenvalue weighted by molar-refractivity contribution is 7.60. The van der Waals surface area contributed by atoms with Gasteiger partial charge in [0.05, 0.1) is 16.3 Å². The van der Waals surface area contributed by atoms with Gasteiger partial charge in [0.2, 0.25) is 0 Å². The number of aromatic nitrogens is 2. The van der Waals surface area contributed by atoms with E-state index in [2.05, 4.69) is 9.97 Å². The van der Waals surface area contributed by atoms with Crippen molar-refractivity contribution in [2.45, 2.75) is 13.0 Å². The van der Waals surface area contributed by atoms with Crippen LogP contribution in [0.15, 0.2) is 15.7 Å². The highest BCUT2D eigenvalue weighted by Crippen LogP contribution is 2.38. The summed E-state index contributed by atoms with van der Waals surface area (Å²) in [6, 6.07) is 1.26. The number of aromatic amines is 2. The molecule has 0 bridgehead atoms. The summed E-state index contributed by atoms with van der Waals surface area (Å²) in [4.78, 5) is 48.8. The second kappa shape index (κ2) is 4.64. The lowest BCUT2D eigenvalue weighted by Gasteiger charge is -2.28. The van der Waals surface area contributed by atoms with Crippen molar-refractivity contribution in [1.82, 2.24) is 14.9 Å². The first kappa shape index (κ1) is 14.2. The predicted octanol–water partition coefficient (Wildman–Crippen LogP) is -0.993. The van der Waals surface area contributed by atoms with Crippen LogP contribution in [0.2, 0.25) is 0 Å². The summed E-state index contributed by atoms with van der Waals surface area (Å²) in [6.07, 6.45) is 0.540. The minimum atomic E-state index is -4.48. The molecule has 0 fully saturated rings. The average Bonchev–Trinajstić information content (AvgIpc) is 2.38. The number of nitrogens with zero attached hydrogens (tertiary/aromatic N) is 1. The molecule has 1 aliphatic heterocycles. The van der Waals surface area contributed by atoms with Gasteiger partial charge in [-0.2, -0.15) is 0 Å². The normalized spacial score (nSPS) is 16.1. The Morgan fingerprint density at radius 3 is 2.52 bits per heavy atom. The van der Waals surface area contributed by atoms with E-state index < -0.39 is 18.7 Å². The SMILES string of the molecule is CN1CCc2c(c(P(=O)(O)O)cc3[nH]c(=O)c(=O)[nH]c23)C1. The third-order valence-corrected chi connectivity index (χ3v) is 4.73. The highest BCUT2D eigenvalue weighted by Gasteiger charge is 2.28. The molecule has 0 amide bonds. The van der Waals surface area contributed by atoms with E-state index in [1.807, 2.05) is 11.9 Å². The third kappa shape index (κ3) is 2.36. The Hall–Kier alpha value is -1.73. The Morgan fingerprint density at radius 2 is 1.86 bits per heavy atom. The minimum absolute atomic E-state index is 0.0979. The summed E-state index contributed by atoms with van der Waals surface area (Å²) in [5.41, 5.74) is 0.269. The molecular weight excluding hydrogens is 297 g/mol. The van der Waals surface area contributed by atoms with Gasteiger partial charge in [0.15, 0.2) is 0 Å². The topological polar surface area (TPSA) is 126 Å². The maximum absolute atomic E-state index is 11.7. The van der Waals surface area contributed by atoms with E-state index >= 15 is 0 Å². The summed E-state index contributed by atoms with van der Waals surface area (Å²) < 4.78 is 11.7. The largest absolute Gasteiger partial charge is 0.356 e. The zero-order valence-electron chi connectivity index (χ0n) is 11.2. The van der Waals surface area contributed by atoms with Crippen molar-refractivity contribution in [2.24, 2.45) is 0 Å². The molecule has 2 aromatic rings. The molecule has 21 heavy (non-hydrogen) atoms. The van der Waals surface area contributed by atoms with E-state index in [1.165, 1.54) is 6.07 Å². The fourth-order valence-electron chi connectivity index (χ4n) is 2.72. The van der Waals surface area contributed by atoms with Gasteiger partial charge in [-0.25, -0.2) is 0 Å². The lowest BCUT2D eigenvalue weighted by atomic mass is 9.98. The molecule has 0 unspecified atom stereocenters. The van der Waals surface area contributed by atoms with Crippen LogP contribution < -0.4 is 16.4 Å². The molecule has 1 aromatic heterocycles. The molecule has 1 aliphatic rings. The summed E-state index contributed by atoms with van der Waals surface area (Å²) in [5.74, 6) is 0. The van der Waals surface area contributed by atoms with Crippen molar-refractivity contribution >= 4 is 23.9 Å². The van der Waals surface area contributed by atoms with Crippen LogP contribution in [0.1, 0.15) is 11.1 Å². The molecule has 0 radical (unpaired) electrons.